The number of nitrogens with zero attached hydrogens (tertiary/aromatic N) is 8. The van der Waals surface area contributed by atoms with Gasteiger partial charge < -0.3 is 20.3 Å². The van der Waals surface area contributed by atoms with Crippen LogP contribution in [0.1, 0.15) is 24.0 Å². The molecular formula is C35H34N10O2. The molecule has 2 aromatic carbocycles. The molecule has 0 saturated carbocycles. The fraction of sp³-hybridized carbons (Fsp3) is 0.257. The van der Waals surface area contributed by atoms with E-state index in [0.717, 1.165) is 61.5 Å². The van der Waals surface area contributed by atoms with Crippen LogP contribution in [0.15, 0.2) is 91.5 Å². The van der Waals surface area contributed by atoms with Gasteiger partial charge in [-0.25, -0.2) is 19.7 Å². The van der Waals surface area contributed by atoms with Gasteiger partial charge in [-0.2, -0.15) is 15.3 Å². The number of urea groups is 1. The Labute approximate surface area is 272 Å². The summed E-state index contributed by atoms with van der Waals surface area (Å²) in [6, 6.07) is 22.8. The highest BCUT2D eigenvalue weighted by Gasteiger charge is 2.45. The van der Waals surface area contributed by atoms with Crippen LogP contribution < -0.4 is 20.4 Å². The first-order valence-electron chi connectivity index (χ1n) is 15.5. The van der Waals surface area contributed by atoms with E-state index in [4.69, 9.17) is 9.72 Å². The fourth-order valence-corrected chi connectivity index (χ4v) is 6.08. The topological polar surface area (TPSA) is 137 Å². The average Bonchev–Trinajstić information content (AvgIpc) is 3.54. The van der Waals surface area contributed by atoms with Crippen molar-refractivity contribution < 1.29 is 9.53 Å². The minimum Gasteiger partial charge on any atom is -0.381 e. The summed E-state index contributed by atoms with van der Waals surface area (Å²) < 4.78 is 7.28. The standard InChI is InChI=1S/C35H34N10O2/c1-43-22-28(21-40-43)26-7-12-31(37-19-26)45(34(46)39-18-25-5-3-2-4-6-25)30-10-8-29(9-11-30)41-33-38-20-27(17-36)32(42-33)44-23-35(24-44)13-15-47-16-14-35/h2-12,19-22H,13-16,18,23-24H2,1H3,(H,39,46)(H,38,41,42). The number of nitriles is 1. The molecule has 12 heteroatoms. The lowest BCUT2D eigenvalue weighted by Gasteiger charge is -2.52. The predicted octanol–water partition coefficient (Wildman–Crippen LogP) is 5.55. The highest BCUT2D eigenvalue weighted by molar-refractivity contribution is 5.98. The van der Waals surface area contributed by atoms with Gasteiger partial charge in [0.2, 0.25) is 5.95 Å². The van der Waals surface area contributed by atoms with Crippen LogP contribution in [0.2, 0.25) is 0 Å². The first kappa shape index (κ1) is 29.9. The molecule has 1 spiro atoms. The van der Waals surface area contributed by atoms with Gasteiger partial charge >= 0.3 is 6.03 Å². The molecule has 5 heterocycles. The van der Waals surface area contributed by atoms with E-state index in [2.05, 4.69) is 36.7 Å². The normalized spacial score (nSPS) is 15.0. The largest absolute Gasteiger partial charge is 0.381 e. The number of pyridine rings is 1. The Kier molecular flexibility index (Phi) is 8.20. The van der Waals surface area contributed by atoms with E-state index in [1.807, 2.05) is 80.0 Å². The minimum absolute atomic E-state index is 0.243. The molecule has 2 aliphatic heterocycles. The summed E-state index contributed by atoms with van der Waals surface area (Å²) in [6.07, 6.45) is 9.05. The lowest BCUT2D eigenvalue weighted by atomic mass is 9.73. The Hall–Kier alpha value is -5.80. The molecular weight excluding hydrogens is 592 g/mol. The highest BCUT2D eigenvalue weighted by atomic mass is 16.5. The van der Waals surface area contributed by atoms with Crippen molar-refractivity contribution in [2.24, 2.45) is 12.5 Å². The number of amides is 2. The molecule has 7 rings (SSSR count). The lowest BCUT2D eigenvalue weighted by molar-refractivity contribution is -0.000470. The van der Waals surface area contributed by atoms with Crippen LogP contribution in [-0.2, 0) is 18.3 Å². The van der Waals surface area contributed by atoms with Gasteiger partial charge in [0.25, 0.3) is 0 Å². The summed E-state index contributed by atoms with van der Waals surface area (Å²) in [5.74, 6) is 1.51. The molecule has 0 atom stereocenters. The van der Waals surface area contributed by atoms with Crippen molar-refractivity contribution in [3.63, 3.8) is 0 Å². The van der Waals surface area contributed by atoms with E-state index < -0.39 is 0 Å². The van der Waals surface area contributed by atoms with Crippen molar-refractivity contribution in [2.75, 3.05) is 41.4 Å². The summed E-state index contributed by atoms with van der Waals surface area (Å²) in [5, 5.41) is 20.2. The number of hydrogen-bond acceptors (Lipinski definition) is 9. The van der Waals surface area contributed by atoms with Crippen molar-refractivity contribution >= 4 is 35.0 Å². The van der Waals surface area contributed by atoms with Gasteiger partial charge in [-0.15, -0.1) is 0 Å². The molecule has 47 heavy (non-hydrogen) atoms. The van der Waals surface area contributed by atoms with Gasteiger partial charge in [0.15, 0.2) is 5.82 Å². The van der Waals surface area contributed by atoms with Crippen molar-refractivity contribution in [3.8, 4) is 17.2 Å². The second-order valence-corrected chi connectivity index (χ2v) is 12.0. The third-order valence-corrected chi connectivity index (χ3v) is 8.68. The smallest absolute Gasteiger partial charge is 0.327 e. The molecule has 0 unspecified atom stereocenters. The molecule has 3 aromatic heterocycles. The molecule has 12 nitrogen and oxygen atoms in total. The van der Waals surface area contributed by atoms with Crippen LogP contribution in [0.4, 0.5) is 33.8 Å². The number of aromatic nitrogens is 5. The minimum atomic E-state index is -0.312. The number of ether oxygens (including phenoxy) is 1. The van der Waals surface area contributed by atoms with E-state index in [0.29, 0.717) is 35.4 Å². The maximum absolute atomic E-state index is 13.6. The van der Waals surface area contributed by atoms with Crippen molar-refractivity contribution in [3.05, 3.63) is 103 Å². The van der Waals surface area contributed by atoms with E-state index in [1.54, 1.807) is 28.2 Å². The number of carbonyl (C=O) groups is 1. The molecule has 236 valence electrons. The SMILES string of the molecule is Cn1cc(-c2ccc(N(C(=O)NCc3ccccc3)c3ccc(Nc4ncc(C#N)c(N5CC6(CCOCC6)C5)n4)cc3)nc2)cn1. The quantitative estimate of drug-likeness (QED) is 0.227. The third-order valence-electron chi connectivity index (χ3n) is 8.68. The number of anilines is 5. The van der Waals surface area contributed by atoms with Gasteiger partial charge in [-0.05, 0) is 54.8 Å². The van der Waals surface area contributed by atoms with E-state index in [9.17, 15) is 10.1 Å². The highest BCUT2D eigenvalue weighted by Crippen LogP contribution is 2.42. The van der Waals surface area contributed by atoms with E-state index in [-0.39, 0.29) is 11.4 Å². The Morgan fingerprint density at radius 1 is 0.979 bits per heavy atom. The average molecular weight is 627 g/mol. The maximum atomic E-state index is 13.6. The Morgan fingerprint density at radius 3 is 2.45 bits per heavy atom. The van der Waals surface area contributed by atoms with Gasteiger partial charge in [-0.1, -0.05) is 30.3 Å². The van der Waals surface area contributed by atoms with Crippen molar-refractivity contribution in [1.29, 1.82) is 5.26 Å². The number of benzene rings is 2. The van der Waals surface area contributed by atoms with Crippen LogP contribution in [0.3, 0.4) is 0 Å². The van der Waals surface area contributed by atoms with Crippen LogP contribution in [0, 0.1) is 16.7 Å². The summed E-state index contributed by atoms with van der Waals surface area (Å²) in [6.45, 7) is 3.65. The van der Waals surface area contributed by atoms with E-state index in [1.165, 1.54) is 0 Å². The van der Waals surface area contributed by atoms with Gasteiger partial charge in [0.05, 0.1) is 18.1 Å². The van der Waals surface area contributed by atoms with Gasteiger partial charge in [-0.3, -0.25) is 4.68 Å². The molecule has 0 bridgehead atoms. The molecule has 5 aromatic rings. The zero-order valence-corrected chi connectivity index (χ0v) is 26.0. The Bertz CT molecular complexity index is 1890. The van der Waals surface area contributed by atoms with Crippen molar-refractivity contribution in [2.45, 2.75) is 19.4 Å². The molecule has 2 amide bonds. The third kappa shape index (κ3) is 6.47. The summed E-state index contributed by atoms with van der Waals surface area (Å²) in [4.78, 5) is 31.1. The van der Waals surface area contributed by atoms with Crippen LogP contribution >= 0.6 is 0 Å². The monoisotopic (exact) mass is 626 g/mol. The second kappa shape index (κ2) is 12.9. The van der Waals surface area contributed by atoms with E-state index >= 15 is 0 Å². The molecule has 2 fully saturated rings. The number of hydrogen-bond donors (Lipinski definition) is 2. The number of rotatable bonds is 8. The fourth-order valence-electron chi connectivity index (χ4n) is 6.08. The molecule has 2 N–H and O–H groups in total. The molecule has 0 radical (unpaired) electrons. The second-order valence-electron chi connectivity index (χ2n) is 12.0. The Morgan fingerprint density at radius 2 is 1.77 bits per heavy atom. The maximum Gasteiger partial charge on any atom is 0.327 e. The van der Waals surface area contributed by atoms with Crippen LogP contribution in [0.5, 0.6) is 0 Å². The Balaban J connectivity index is 1.10. The first-order chi connectivity index (χ1) is 23.0. The van der Waals surface area contributed by atoms with Crippen LogP contribution in [-0.4, -0.2) is 57.1 Å². The zero-order chi connectivity index (χ0) is 32.2. The zero-order valence-electron chi connectivity index (χ0n) is 26.0. The molecule has 2 saturated heterocycles. The van der Waals surface area contributed by atoms with Crippen LogP contribution in [0.25, 0.3) is 11.1 Å². The lowest BCUT2D eigenvalue weighted by Crippen LogP contribution is -2.59. The molecule has 2 aliphatic rings. The summed E-state index contributed by atoms with van der Waals surface area (Å²) in [5.41, 5.74) is 4.88. The number of carbonyl (C=O) groups excluding carboxylic acids is 1. The number of aryl methyl sites for hydroxylation is 1. The van der Waals surface area contributed by atoms with Gasteiger partial charge in [0.1, 0.15) is 17.5 Å². The first-order valence-corrected chi connectivity index (χ1v) is 15.5. The number of nitrogens with one attached hydrogen (secondary N) is 2. The summed E-state index contributed by atoms with van der Waals surface area (Å²) >= 11 is 0. The van der Waals surface area contributed by atoms with Crippen molar-refractivity contribution in [1.82, 2.24) is 30.0 Å². The summed E-state index contributed by atoms with van der Waals surface area (Å²) in [7, 11) is 1.86. The van der Waals surface area contributed by atoms with Gasteiger partial charge in [0, 0.05) is 74.5 Å². The molecule has 0 aliphatic carbocycles. The predicted molar refractivity (Wildman–Crippen MR) is 178 cm³/mol.